The lowest BCUT2D eigenvalue weighted by molar-refractivity contribution is -0.384. The molecule has 1 aromatic carbocycles. The third-order valence-corrected chi connectivity index (χ3v) is 3.22. The van der Waals surface area contributed by atoms with Crippen molar-refractivity contribution < 1.29 is 4.92 Å². The van der Waals surface area contributed by atoms with Crippen LogP contribution >= 0.6 is 0 Å². The van der Waals surface area contributed by atoms with Gasteiger partial charge in [0.2, 0.25) is 0 Å². The zero-order valence-electron chi connectivity index (χ0n) is 12.7. The topological polar surface area (TPSA) is 58.4 Å². The number of hydrogen-bond acceptors (Lipinski definition) is 4. The summed E-state index contributed by atoms with van der Waals surface area (Å²) in [5.41, 5.74) is 1.77. The summed E-state index contributed by atoms with van der Waals surface area (Å²) in [6.45, 7) is 9.77. The minimum absolute atomic E-state index is 0.170. The van der Waals surface area contributed by atoms with E-state index in [2.05, 4.69) is 24.1 Å². The molecule has 5 nitrogen and oxygen atoms in total. The zero-order chi connectivity index (χ0) is 15.0. The molecule has 0 radical (unpaired) electrons. The average molecular weight is 279 g/mol. The highest BCUT2D eigenvalue weighted by molar-refractivity contribution is 5.62. The Morgan fingerprint density at radius 1 is 1.25 bits per heavy atom. The summed E-state index contributed by atoms with van der Waals surface area (Å²) in [7, 11) is 0. The number of rotatable bonds is 9. The molecule has 0 saturated heterocycles. The number of hydrogen-bond donors (Lipinski definition) is 1. The summed E-state index contributed by atoms with van der Waals surface area (Å²) < 4.78 is 0. The van der Waals surface area contributed by atoms with E-state index >= 15 is 0 Å². The summed E-state index contributed by atoms with van der Waals surface area (Å²) in [5, 5.41) is 14.3. The van der Waals surface area contributed by atoms with Crippen molar-refractivity contribution >= 4 is 11.4 Å². The Hall–Kier alpha value is -1.62. The highest BCUT2D eigenvalue weighted by Gasteiger charge is 2.15. The van der Waals surface area contributed by atoms with Gasteiger partial charge in [-0.1, -0.05) is 26.8 Å². The number of nitro benzene ring substituents is 1. The maximum absolute atomic E-state index is 11.2. The fourth-order valence-corrected chi connectivity index (χ4v) is 2.16. The molecule has 0 unspecified atom stereocenters. The third-order valence-electron chi connectivity index (χ3n) is 3.22. The molecule has 0 saturated carbocycles. The minimum Gasteiger partial charge on any atom is -0.380 e. The van der Waals surface area contributed by atoms with E-state index in [-0.39, 0.29) is 10.6 Å². The quantitative estimate of drug-likeness (QED) is 0.553. The van der Waals surface area contributed by atoms with Gasteiger partial charge in [0.05, 0.1) is 4.92 Å². The van der Waals surface area contributed by atoms with Crippen molar-refractivity contribution in [3.8, 4) is 0 Å². The predicted molar refractivity (Wildman–Crippen MR) is 83.1 cm³/mol. The molecular formula is C15H25N3O2. The molecule has 0 aliphatic heterocycles. The number of nitro groups is 1. The molecule has 1 aromatic rings. The van der Waals surface area contributed by atoms with Crippen LogP contribution in [0.2, 0.25) is 0 Å². The largest absolute Gasteiger partial charge is 0.380 e. The monoisotopic (exact) mass is 279 g/mol. The molecular weight excluding hydrogens is 254 g/mol. The second-order valence-electron chi connectivity index (χ2n) is 4.90. The van der Waals surface area contributed by atoms with Crippen LogP contribution in [0.1, 0.15) is 39.2 Å². The maximum Gasteiger partial charge on any atom is 0.292 e. The van der Waals surface area contributed by atoms with Crippen molar-refractivity contribution in [2.45, 2.75) is 40.2 Å². The number of nitrogens with one attached hydrogen (secondary N) is 1. The van der Waals surface area contributed by atoms with Crippen molar-refractivity contribution in [3.05, 3.63) is 33.9 Å². The fraction of sp³-hybridized carbons (Fsp3) is 0.600. The van der Waals surface area contributed by atoms with Crippen LogP contribution in [0.5, 0.6) is 0 Å². The van der Waals surface area contributed by atoms with E-state index in [1.807, 2.05) is 19.1 Å². The summed E-state index contributed by atoms with van der Waals surface area (Å²) >= 11 is 0. The van der Waals surface area contributed by atoms with Crippen LogP contribution in [0.15, 0.2) is 18.2 Å². The van der Waals surface area contributed by atoms with Crippen molar-refractivity contribution in [2.75, 3.05) is 25.0 Å². The van der Waals surface area contributed by atoms with E-state index in [1.165, 1.54) is 0 Å². The van der Waals surface area contributed by atoms with Gasteiger partial charge in [0.1, 0.15) is 5.69 Å². The summed E-state index contributed by atoms with van der Waals surface area (Å²) in [5.74, 6) is 0. The second kappa shape index (κ2) is 8.53. The molecule has 1 N–H and O–H groups in total. The normalized spacial score (nSPS) is 10.8. The minimum atomic E-state index is -0.308. The highest BCUT2D eigenvalue weighted by Crippen LogP contribution is 2.26. The molecule has 0 bridgehead atoms. The summed E-state index contributed by atoms with van der Waals surface area (Å²) in [6.07, 6.45) is 2.03. The third kappa shape index (κ3) is 4.81. The molecule has 0 aliphatic carbocycles. The highest BCUT2D eigenvalue weighted by atomic mass is 16.6. The van der Waals surface area contributed by atoms with Gasteiger partial charge < -0.3 is 5.32 Å². The van der Waals surface area contributed by atoms with Gasteiger partial charge in [0, 0.05) is 19.2 Å². The van der Waals surface area contributed by atoms with Crippen LogP contribution in [0.4, 0.5) is 11.4 Å². The molecule has 0 spiro atoms. The SMILES string of the molecule is CCCNc1ccc(CN(CC)CCC)cc1[N+](=O)[O-]. The van der Waals surface area contributed by atoms with E-state index in [0.717, 1.165) is 44.6 Å². The van der Waals surface area contributed by atoms with E-state index in [1.54, 1.807) is 6.07 Å². The molecule has 0 atom stereocenters. The number of nitrogens with zero attached hydrogens (tertiary/aromatic N) is 2. The summed E-state index contributed by atoms with van der Waals surface area (Å²) in [4.78, 5) is 13.2. The van der Waals surface area contributed by atoms with E-state index < -0.39 is 0 Å². The van der Waals surface area contributed by atoms with Crippen molar-refractivity contribution in [1.29, 1.82) is 0 Å². The van der Waals surface area contributed by atoms with Gasteiger partial charge >= 0.3 is 0 Å². The van der Waals surface area contributed by atoms with Gasteiger partial charge in [-0.05, 0) is 37.6 Å². The Morgan fingerprint density at radius 3 is 2.55 bits per heavy atom. The standard InChI is InChI=1S/C15H25N3O2/c1-4-9-16-14-8-7-13(11-15(14)18(19)20)12-17(6-3)10-5-2/h7-8,11,16H,4-6,9-10,12H2,1-3H3. The van der Waals surface area contributed by atoms with Gasteiger partial charge in [0.25, 0.3) is 5.69 Å². The van der Waals surface area contributed by atoms with Crippen LogP contribution in [0.3, 0.4) is 0 Å². The van der Waals surface area contributed by atoms with Crippen LogP contribution in [0, 0.1) is 10.1 Å². The zero-order valence-corrected chi connectivity index (χ0v) is 12.7. The Labute approximate surface area is 121 Å². The lowest BCUT2D eigenvalue weighted by atomic mass is 10.1. The first-order valence-corrected chi connectivity index (χ1v) is 7.35. The average Bonchev–Trinajstić information content (AvgIpc) is 2.45. The fourth-order valence-electron chi connectivity index (χ4n) is 2.16. The second-order valence-corrected chi connectivity index (χ2v) is 4.90. The Morgan fingerprint density at radius 2 is 2.00 bits per heavy atom. The Kier molecular flexibility index (Phi) is 7.01. The molecule has 0 aromatic heterocycles. The van der Waals surface area contributed by atoms with Crippen LogP contribution in [-0.2, 0) is 6.54 Å². The van der Waals surface area contributed by atoms with Gasteiger partial charge in [-0.3, -0.25) is 15.0 Å². The predicted octanol–water partition coefficient (Wildman–Crippen LogP) is 3.65. The van der Waals surface area contributed by atoms with E-state index in [4.69, 9.17) is 0 Å². The molecule has 1 rings (SSSR count). The molecule has 20 heavy (non-hydrogen) atoms. The van der Waals surface area contributed by atoms with Crippen LogP contribution < -0.4 is 5.32 Å². The van der Waals surface area contributed by atoms with Crippen molar-refractivity contribution in [1.82, 2.24) is 4.90 Å². The molecule has 0 amide bonds. The van der Waals surface area contributed by atoms with E-state index in [9.17, 15) is 10.1 Å². The van der Waals surface area contributed by atoms with Crippen molar-refractivity contribution in [2.24, 2.45) is 0 Å². The first-order chi connectivity index (χ1) is 9.62. The summed E-state index contributed by atoms with van der Waals surface area (Å²) in [6, 6.07) is 5.49. The number of anilines is 1. The van der Waals surface area contributed by atoms with Gasteiger partial charge in [-0.15, -0.1) is 0 Å². The lowest BCUT2D eigenvalue weighted by Crippen LogP contribution is -2.23. The first kappa shape index (κ1) is 16.4. The van der Waals surface area contributed by atoms with Gasteiger partial charge in [0.15, 0.2) is 0 Å². The van der Waals surface area contributed by atoms with Gasteiger partial charge in [-0.25, -0.2) is 0 Å². The first-order valence-electron chi connectivity index (χ1n) is 7.35. The van der Waals surface area contributed by atoms with E-state index in [0.29, 0.717) is 5.69 Å². The van der Waals surface area contributed by atoms with Crippen LogP contribution in [0.25, 0.3) is 0 Å². The molecule has 0 heterocycles. The smallest absolute Gasteiger partial charge is 0.292 e. The Balaban J connectivity index is 2.88. The molecule has 0 aliphatic rings. The lowest BCUT2D eigenvalue weighted by Gasteiger charge is -2.19. The van der Waals surface area contributed by atoms with Crippen molar-refractivity contribution in [3.63, 3.8) is 0 Å². The molecule has 112 valence electrons. The molecule has 0 fully saturated rings. The Bertz CT molecular complexity index is 435. The molecule has 5 heteroatoms. The number of benzene rings is 1. The van der Waals surface area contributed by atoms with Crippen LogP contribution in [-0.4, -0.2) is 29.5 Å². The maximum atomic E-state index is 11.2. The van der Waals surface area contributed by atoms with Gasteiger partial charge in [-0.2, -0.15) is 0 Å².